The number of amides is 1. The van der Waals surface area contributed by atoms with E-state index in [-0.39, 0.29) is 30.8 Å². The molecule has 0 bridgehead atoms. The summed E-state index contributed by atoms with van der Waals surface area (Å²) in [6, 6.07) is 9.33. The van der Waals surface area contributed by atoms with Gasteiger partial charge in [-0.3, -0.25) is 9.59 Å². The number of para-hydroxylation sites is 1. The van der Waals surface area contributed by atoms with Crippen molar-refractivity contribution in [1.29, 1.82) is 0 Å². The molecule has 2 fully saturated rings. The highest BCUT2D eigenvalue weighted by Gasteiger charge is 2.47. The van der Waals surface area contributed by atoms with Gasteiger partial charge in [0.2, 0.25) is 5.91 Å². The summed E-state index contributed by atoms with van der Waals surface area (Å²) in [5.74, 6) is 0.256. The van der Waals surface area contributed by atoms with Gasteiger partial charge in [0.15, 0.2) is 0 Å². The van der Waals surface area contributed by atoms with Crippen LogP contribution in [-0.2, 0) is 14.3 Å². The summed E-state index contributed by atoms with van der Waals surface area (Å²) in [7, 11) is 1.37. The van der Waals surface area contributed by atoms with Gasteiger partial charge in [-0.1, -0.05) is 24.6 Å². The number of nitrogens with one attached hydrogen (secondary N) is 1. The van der Waals surface area contributed by atoms with Gasteiger partial charge in [-0.15, -0.1) is 0 Å². The van der Waals surface area contributed by atoms with E-state index in [0.29, 0.717) is 18.0 Å². The minimum atomic E-state index is -0.312. The lowest BCUT2D eigenvalue weighted by Crippen LogP contribution is -2.46. The van der Waals surface area contributed by atoms with Crippen LogP contribution in [0.25, 0.3) is 0 Å². The van der Waals surface area contributed by atoms with Gasteiger partial charge in [-0.25, -0.2) is 0 Å². The monoisotopic (exact) mass is 342 g/mol. The number of hydrogen-bond acceptors (Lipinski definition) is 4. The van der Waals surface area contributed by atoms with Crippen molar-refractivity contribution in [3.8, 4) is 0 Å². The third kappa shape index (κ3) is 3.12. The molecule has 1 N–H and O–H groups in total. The molecule has 3 atom stereocenters. The molecule has 1 aromatic rings. The van der Waals surface area contributed by atoms with E-state index >= 15 is 0 Å². The molecule has 0 radical (unpaired) electrons. The maximum Gasteiger partial charge on any atom is 0.306 e. The van der Waals surface area contributed by atoms with Gasteiger partial charge >= 0.3 is 5.97 Å². The molecular weight excluding hydrogens is 316 g/mol. The highest BCUT2D eigenvalue weighted by molar-refractivity contribution is 5.82. The number of carbonyl (C=O) groups is 2. The molecule has 1 aliphatic heterocycles. The van der Waals surface area contributed by atoms with Gasteiger partial charge in [0, 0.05) is 30.1 Å². The van der Waals surface area contributed by atoms with E-state index in [1.165, 1.54) is 31.2 Å². The maximum atomic E-state index is 13.0. The third-order valence-corrected chi connectivity index (χ3v) is 5.89. The fourth-order valence-electron chi connectivity index (χ4n) is 4.60. The van der Waals surface area contributed by atoms with Crippen LogP contribution >= 0.6 is 0 Å². The highest BCUT2D eigenvalue weighted by Crippen LogP contribution is 2.50. The summed E-state index contributed by atoms with van der Waals surface area (Å²) in [5, 5.41) is 3.69. The molecule has 0 saturated heterocycles. The molecule has 134 valence electrons. The SMILES string of the molecule is COC(=O)CCC(=O)N(C1CC1)C1c2ccccc2NC2CCCC21. The van der Waals surface area contributed by atoms with E-state index in [1.54, 1.807) is 0 Å². The number of rotatable bonds is 5. The molecule has 0 spiro atoms. The predicted octanol–water partition coefficient (Wildman–Crippen LogP) is 3.27. The van der Waals surface area contributed by atoms with Crippen molar-refractivity contribution in [2.75, 3.05) is 12.4 Å². The van der Waals surface area contributed by atoms with Crippen LogP contribution in [0.3, 0.4) is 0 Å². The van der Waals surface area contributed by atoms with Crippen molar-refractivity contribution in [2.45, 2.75) is 63.1 Å². The second kappa shape index (κ2) is 6.70. The van der Waals surface area contributed by atoms with Gasteiger partial charge in [0.05, 0.1) is 19.6 Å². The quantitative estimate of drug-likeness (QED) is 0.835. The van der Waals surface area contributed by atoms with Crippen molar-refractivity contribution in [2.24, 2.45) is 5.92 Å². The number of fused-ring (bicyclic) bond motifs is 2. The summed E-state index contributed by atoms with van der Waals surface area (Å²) in [6.45, 7) is 0. The topological polar surface area (TPSA) is 58.6 Å². The summed E-state index contributed by atoms with van der Waals surface area (Å²) >= 11 is 0. The Labute approximate surface area is 148 Å². The fourth-order valence-corrected chi connectivity index (χ4v) is 4.60. The van der Waals surface area contributed by atoms with Crippen LogP contribution in [0.4, 0.5) is 5.69 Å². The van der Waals surface area contributed by atoms with Crippen LogP contribution in [0.15, 0.2) is 24.3 Å². The molecule has 2 aliphatic carbocycles. The first-order valence-electron chi connectivity index (χ1n) is 9.42. The molecule has 1 aromatic carbocycles. The zero-order chi connectivity index (χ0) is 17.4. The Bertz CT molecular complexity index is 671. The Hall–Kier alpha value is -2.04. The van der Waals surface area contributed by atoms with E-state index in [4.69, 9.17) is 4.74 Å². The average Bonchev–Trinajstić information content (AvgIpc) is 3.36. The molecule has 3 aliphatic rings. The zero-order valence-electron chi connectivity index (χ0n) is 14.7. The number of benzene rings is 1. The minimum absolute atomic E-state index is 0.0975. The van der Waals surface area contributed by atoms with E-state index < -0.39 is 0 Å². The first-order valence-corrected chi connectivity index (χ1v) is 9.42. The first-order chi connectivity index (χ1) is 12.2. The summed E-state index contributed by atoms with van der Waals surface area (Å²) in [6.07, 6.45) is 6.10. The van der Waals surface area contributed by atoms with Crippen molar-refractivity contribution < 1.29 is 14.3 Å². The van der Waals surface area contributed by atoms with Crippen molar-refractivity contribution in [3.05, 3.63) is 29.8 Å². The van der Waals surface area contributed by atoms with Crippen LogP contribution in [0.1, 0.15) is 56.6 Å². The van der Waals surface area contributed by atoms with Gasteiger partial charge in [-0.2, -0.15) is 0 Å². The van der Waals surface area contributed by atoms with Crippen LogP contribution in [0.5, 0.6) is 0 Å². The highest BCUT2D eigenvalue weighted by atomic mass is 16.5. The summed E-state index contributed by atoms with van der Waals surface area (Å²) in [5.41, 5.74) is 2.41. The Morgan fingerprint density at radius 1 is 1.16 bits per heavy atom. The molecular formula is C20H26N2O3. The lowest BCUT2D eigenvalue weighted by Gasteiger charge is -2.43. The fraction of sp³-hybridized carbons (Fsp3) is 0.600. The molecule has 3 unspecified atom stereocenters. The van der Waals surface area contributed by atoms with Crippen LogP contribution in [0, 0.1) is 5.92 Å². The number of nitrogens with zero attached hydrogens (tertiary/aromatic N) is 1. The smallest absolute Gasteiger partial charge is 0.306 e. The zero-order valence-corrected chi connectivity index (χ0v) is 14.7. The molecule has 25 heavy (non-hydrogen) atoms. The maximum absolute atomic E-state index is 13.0. The van der Waals surface area contributed by atoms with Crippen LogP contribution < -0.4 is 5.32 Å². The number of methoxy groups -OCH3 is 1. The third-order valence-electron chi connectivity index (χ3n) is 5.89. The van der Waals surface area contributed by atoms with Gasteiger partial charge < -0.3 is 15.0 Å². The molecule has 2 saturated carbocycles. The molecule has 5 heteroatoms. The second-order valence-corrected chi connectivity index (χ2v) is 7.49. The van der Waals surface area contributed by atoms with Crippen LogP contribution in [-0.4, -0.2) is 36.0 Å². The molecule has 1 amide bonds. The number of carbonyl (C=O) groups excluding carboxylic acids is 2. The predicted molar refractivity (Wildman–Crippen MR) is 95.1 cm³/mol. The Morgan fingerprint density at radius 3 is 2.72 bits per heavy atom. The van der Waals surface area contributed by atoms with Gasteiger partial charge in [-0.05, 0) is 37.3 Å². The lowest BCUT2D eigenvalue weighted by atomic mass is 9.83. The van der Waals surface area contributed by atoms with Crippen molar-refractivity contribution in [3.63, 3.8) is 0 Å². The average molecular weight is 342 g/mol. The number of ether oxygens (including phenoxy) is 1. The lowest BCUT2D eigenvalue weighted by molar-refractivity contribution is -0.145. The van der Waals surface area contributed by atoms with E-state index in [9.17, 15) is 9.59 Å². The Morgan fingerprint density at radius 2 is 1.96 bits per heavy atom. The van der Waals surface area contributed by atoms with Crippen LogP contribution in [0.2, 0.25) is 0 Å². The first kappa shape index (κ1) is 16.4. The molecule has 0 aromatic heterocycles. The van der Waals surface area contributed by atoms with Gasteiger partial charge in [0.1, 0.15) is 0 Å². The minimum Gasteiger partial charge on any atom is -0.469 e. The number of hydrogen-bond donors (Lipinski definition) is 1. The molecule has 5 nitrogen and oxygen atoms in total. The standard InChI is InChI=1S/C20H26N2O3/c1-25-19(24)12-11-18(23)22(13-9-10-13)20-14-5-2-3-7-16(14)21-17-8-4-6-15(17)20/h2-3,5,7,13,15,17,20-21H,4,6,8-12H2,1H3. The normalized spacial score (nSPS) is 27.0. The van der Waals surface area contributed by atoms with Crippen molar-refractivity contribution in [1.82, 2.24) is 4.90 Å². The largest absolute Gasteiger partial charge is 0.469 e. The van der Waals surface area contributed by atoms with Gasteiger partial charge in [0.25, 0.3) is 0 Å². The molecule has 4 rings (SSSR count). The summed E-state index contributed by atoms with van der Waals surface area (Å²) in [4.78, 5) is 26.6. The second-order valence-electron chi connectivity index (χ2n) is 7.49. The van der Waals surface area contributed by atoms with Crippen molar-refractivity contribution >= 4 is 17.6 Å². The summed E-state index contributed by atoms with van der Waals surface area (Å²) < 4.78 is 4.71. The number of esters is 1. The number of anilines is 1. The van der Waals surface area contributed by atoms with E-state index in [1.807, 2.05) is 0 Å². The van der Waals surface area contributed by atoms with E-state index in [0.717, 1.165) is 19.3 Å². The Balaban J connectivity index is 1.63. The van der Waals surface area contributed by atoms with E-state index in [2.05, 4.69) is 34.5 Å². The Kier molecular flexibility index (Phi) is 4.40. The molecule has 1 heterocycles.